The lowest BCUT2D eigenvalue weighted by Gasteiger charge is -1.85. The van der Waals surface area contributed by atoms with Crippen LogP contribution in [0.4, 0.5) is 29.6 Å². The van der Waals surface area contributed by atoms with Gasteiger partial charge in [-0.3, -0.25) is 17.3 Å². The lowest BCUT2D eigenvalue weighted by Crippen LogP contribution is -2.08. The standard InChI is InChI=1S/2C2H5BF2.C2H3F3Si.C2H4Si/c2*1-2-3(4)5;1-2-6(3,4)5;1-2-3/h2*2H2,1H3;2H,1H2;1H,3H3. The quantitative estimate of drug-likeness (QED) is 0.323. The molecule has 0 saturated carbocycles. The maximum Gasteiger partial charge on any atom is 0.644 e. The van der Waals surface area contributed by atoms with E-state index in [0.29, 0.717) is 0 Å². The van der Waals surface area contributed by atoms with E-state index in [1.54, 1.807) is 0 Å². The first-order chi connectivity index (χ1) is 8.51. The Labute approximate surface area is 115 Å². The van der Waals surface area contributed by atoms with Gasteiger partial charge in [-0.05, 0) is 18.3 Å². The Balaban J connectivity index is -0.0000000811. The van der Waals surface area contributed by atoms with E-state index in [-0.39, 0.29) is 18.3 Å². The molecule has 0 rings (SSSR count). The summed E-state index contributed by atoms with van der Waals surface area (Å²) >= 11 is 0. The van der Waals surface area contributed by atoms with E-state index in [4.69, 9.17) is 0 Å². The number of terminal acetylenes is 1. The smallest absolute Gasteiger partial charge is 0.287 e. The van der Waals surface area contributed by atoms with E-state index in [0.717, 1.165) is 10.2 Å². The van der Waals surface area contributed by atoms with Crippen LogP contribution in [0.2, 0.25) is 12.6 Å². The van der Waals surface area contributed by atoms with E-state index < -0.39 is 23.6 Å². The summed E-state index contributed by atoms with van der Waals surface area (Å²) in [5.74, 6) is 0. The zero-order valence-electron chi connectivity index (χ0n) is 11.1. The Hall–Kier alpha value is -0.626. The van der Waals surface area contributed by atoms with Crippen molar-refractivity contribution >= 4 is 33.9 Å². The summed E-state index contributed by atoms with van der Waals surface area (Å²) in [6.45, 7) is 5.47. The molecule has 0 radical (unpaired) electrons. The normalized spacial score (nSPS) is 8.21. The van der Waals surface area contributed by atoms with E-state index in [1.807, 2.05) is 0 Å². The van der Waals surface area contributed by atoms with Gasteiger partial charge in [0.05, 0.1) is 10.2 Å². The minimum atomic E-state index is -5.37. The van der Waals surface area contributed by atoms with Crippen LogP contribution in [-0.4, -0.2) is 33.9 Å². The highest BCUT2D eigenvalue weighted by molar-refractivity contribution is 6.64. The van der Waals surface area contributed by atoms with Gasteiger partial charge in [0.1, 0.15) is 0 Å². The molecule has 0 aliphatic heterocycles. The third-order valence-corrected chi connectivity index (χ3v) is 1.31. The molecule has 0 atom stereocenters. The average Bonchev–Trinajstić information content (AvgIpc) is 2.30. The Kier molecular flexibility index (Phi) is 27.8. The molecule has 0 N–H and O–H groups in total. The molecule has 0 saturated heterocycles. The highest BCUT2D eigenvalue weighted by Gasteiger charge is 2.30. The third-order valence-electron chi connectivity index (χ3n) is 0.849. The Morgan fingerprint density at radius 1 is 1.11 bits per heavy atom. The lowest BCUT2D eigenvalue weighted by molar-refractivity contribution is 0.499. The summed E-state index contributed by atoms with van der Waals surface area (Å²) < 4.78 is 75.5. The van der Waals surface area contributed by atoms with Crippen molar-refractivity contribution in [1.29, 1.82) is 0 Å². The van der Waals surface area contributed by atoms with Gasteiger partial charge in [0.15, 0.2) is 0 Å². The zero-order valence-corrected chi connectivity index (χ0v) is 14.1. The largest absolute Gasteiger partial charge is 0.644 e. The van der Waals surface area contributed by atoms with Gasteiger partial charge < -0.3 is 0 Å². The van der Waals surface area contributed by atoms with Crippen LogP contribution in [0.15, 0.2) is 12.3 Å². The molecule has 11 heteroatoms. The van der Waals surface area contributed by atoms with Gasteiger partial charge >= 0.3 is 23.6 Å². The summed E-state index contributed by atoms with van der Waals surface area (Å²) in [7, 11) is -8.70. The van der Waals surface area contributed by atoms with Crippen molar-refractivity contribution in [3.63, 3.8) is 0 Å². The molecular weight excluding hydrogens is 307 g/mol. The monoisotopic (exact) mass is 324 g/mol. The molecule has 112 valence electrons. The second-order valence-corrected chi connectivity index (χ2v) is 4.70. The van der Waals surface area contributed by atoms with Crippen molar-refractivity contribution in [2.45, 2.75) is 26.5 Å². The van der Waals surface area contributed by atoms with Crippen molar-refractivity contribution < 1.29 is 29.6 Å². The predicted octanol–water partition coefficient (Wildman–Crippen LogP) is 3.37. The first kappa shape index (κ1) is 26.8. The Bertz CT molecular complexity index is 208. The fourth-order valence-corrected chi connectivity index (χ4v) is 0. The lowest BCUT2D eigenvalue weighted by atomic mass is 9.95. The number of rotatable bonds is 3. The molecular formula is C8H17B2F7Si2. The van der Waals surface area contributed by atoms with Gasteiger partial charge in [-0.2, -0.15) is 0 Å². The van der Waals surface area contributed by atoms with Gasteiger partial charge in [-0.25, -0.2) is 12.3 Å². The fourth-order valence-electron chi connectivity index (χ4n) is 0. The van der Waals surface area contributed by atoms with Crippen LogP contribution in [0.3, 0.4) is 0 Å². The molecule has 0 spiro atoms. The zero-order chi connectivity index (χ0) is 16.5. The summed E-state index contributed by atoms with van der Waals surface area (Å²) in [5.41, 5.74) is 2.47. The van der Waals surface area contributed by atoms with Gasteiger partial charge in [-0.1, -0.05) is 20.4 Å². The van der Waals surface area contributed by atoms with E-state index >= 15 is 0 Å². The van der Waals surface area contributed by atoms with Crippen molar-refractivity contribution in [3.8, 4) is 12.0 Å². The summed E-state index contributed by atoms with van der Waals surface area (Å²) in [5, 5.41) is 0. The van der Waals surface area contributed by atoms with Crippen molar-refractivity contribution in [1.82, 2.24) is 0 Å². The van der Waals surface area contributed by atoms with Gasteiger partial charge in [0.2, 0.25) is 0 Å². The topological polar surface area (TPSA) is 0 Å². The van der Waals surface area contributed by atoms with E-state index in [2.05, 4.69) is 18.5 Å². The van der Waals surface area contributed by atoms with Crippen LogP contribution in [0.1, 0.15) is 13.8 Å². The summed E-state index contributed by atoms with van der Waals surface area (Å²) in [4.78, 5) is 0. The molecule has 0 nitrogen and oxygen atoms in total. The van der Waals surface area contributed by atoms with Gasteiger partial charge in [0, 0.05) is 0 Å². The number of hydrogen-bond acceptors (Lipinski definition) is 0. The summed E-state index contributed by atoms with van der Waals surface area (Å²) in [6.07, 6.45) is 4.60. The minimum absolute atomic E-state index is 0.0278. The molecule has 0 unspecified atom stereocenters. The Morgan fingerprint density at radius 3 is 1.21 bits per heavy atom. The molecule has 0 heterocycles. The molecule has 19 heavy (non-hydrogen) atoms. The van der Waals surface area contributed by atoms with Gasteiger partial charge in [-0.15, -0.1) is 12.0 Å². The molecule has 0 aliphatic carbocycles. The molecule has 0 fully saturated rings. The maximum absolute atomic E-state index is 10.8. The van der Waals surface area contributed by atoms with Crippen molar-refractivity contribution in [3.05, 3.63) is 12.3 Å². The van der Waals surface area contributed by atoms with Crippen molar-refractivity contribution in [2.24, 2.45) is 0 Å². The molecule has 0 bridgehead atoms. The van der Waals surface area contributed by atoms with Crippen LogP contribution < -0.4 is 0 Å². The molecule has 0 aromatic heterocycles. The minimum Gasteiger partial charge on any atom is -0.287 e. The van der Waals surface area contributed by atoms with Crippen LogP contribution in [0, 0.1) is 12.0 Å². The first-order valence-electron chi connectivity index (χ1n) is 5.16. The van der Waals surface area contributed by atoms with Gasteiger partial charge in [0.25, 0.3) is 0 Å². The van der Waals surface area contributed by atoms with Crippen LogP contribution in [-0.2, 0) is 0 Å². The molecule has 0 aromatic rings. The second-order valence-electron chi connectivity index (χ2n) is 2.63. The third kappa shape index (κ3) is 101. The highest BCUT2D eigenvalue weighted by Crippen LogP contribution is 2.06. The highest BCUT2D eigenvalue weighted by atomic mass is 28.5. The average molecular weight is 324 g/mol. The molecule has 0 aliphatic rings. The molecule has 0 aromatic carbocycles. The number of hydrogen-bond donors (Lipinski definition) is 0. The first-order valence-corrected chi connectivity index (χ1v) is 7.87. The van der Waals surface area contributed by atoms with Crippen molar-refractivity contribution in [2.75, 3.05) is 0 Å². The predicted molar refractivity (Wildman–Crippen MR) is 74.9 cm³/mol. The van der Waals surface area contributed by atoms with Crippen LogP contribution in [0.25, 0.3) is 0 Å². The SMILES string of the molecule is C#C[SiH3].C=C[Si](F)(F)F.CCB(F)F.CCB(F)F. The fraction of sp³-hybridized carbons (Fsp3) is 0.500. The van der Waals surface area contributed by atoms with Crippen LogP contribution >= 0.6 is 0 Å². The van der Waals surface area contributed by atoms with E-state index in [9.17, 15) is 29.6 Å². The van der Waals surface area contributed by atoms with Crippen LogP contribution in [0.5, 0.6) is 0 Å². The summed E-state index contributed by atoms with van der Waals surface area (Å²) in [6, 6.07) is 0. The Morgan fingerprint density at radius 2 is 1.21 bits per heavy atom. The second kappa shape index (κ2) is 19.7. The molecule has 0 amide bonds. The van der Waals surface area contributed by atoms with E-state index in [1.165, 1.54) is 13.8 Å². The maximum atomic E-state index is 10.8. The number of halogens is 7.